The van der Waals surface area contributed by atoms with E-state index < -0.39 is 0 Å². The van der Waals surface area contributed by atoms with Gasteiger partial charge in [0.05, 0.1) is 21.3 Å². The molecule has 0 saturated carbocycles. The molecule has 0 bridgehead atoms. The van der Waals surface area contributed by atoms with Gasteiger partial charge in [-0.1, -0.05) is 0 Å². The van der Waals surface area contributed by atoms with Crippen molar-refractivity contribution in [3.05, 3.63) is 29.6 Å². The number of aromatic nitrogens is 2. The highest BCUT2D eigenvalue weighted by Crippen LogP contribution is 2.40. The molecule has 0 aliphatic carbocycles. The Kier molecular flexibility index (Phi) is 6.09. The van der Waals surface area contributed by atoms with Crippen LogP contribution in [0.3, 0.4) is 0 Å². The third kappa shape index (κ3) is 5.22. The SMILES string of the molecule is COc1cc(Nc2nc(C)cc(C(=O)NC(C)(C)C)n2)cc(OC)c1OC. The molecule has 0 fully saturated rings. The molecule has 0 atom stereocenters. The second-order valence-corrected chi connectivity index (χ2v) is 6.96. The van der Waals surface area contributed by atoms with E-state index in [1.54, 1.807) is 39.3 Å². The number of hydrogen-bond donors (Lipinski definition) is 2. The van der Waals surface area contributed by atoms with Gasteiger partial charge in [-0.2, -0.15) is 0 Å². The Balaban J connectivity index is 2.36. The maximum atomic E-state index is 12.4. The summed E-state index contributed by atoms with van der Waals surface area (Å²) in [5.41, 5.74) is 1.23. The predicted octanol–water partition coefficient (Wildman–Crippen LogP) is 3.08. The molecule has 27 heavy (non-hydrogen) atoms. The van der Waals surface area contributed by atoms with Crippen LogP contribution in [-0.4, -0.2) is 42.7 Å². The van der Waals surface area contributed by atoms with Crippen molar-refractivity contribution >= 4 is 17.5 Å². The van der Waals surface area contributed by atoms with Crippen molar-refractivity contribution in [2.75, 3.05) is 26.6 Å². The maximum Gasteiger partial charge on any atom is 0.270 e. The first-order valence-electron chi connectivity index (χ1n) is 8.42. The fraction of sp³-hybridized carbons (Fsp3) is 0.421. The normalized spacial score (nSPS) is 10.9. The minimum atomic E-state index is -0.361. The molecule has 2 aromatic rings. The standard InChI is InChI=1S/C19H26N4O4/c1-11-8-13(17(24)23-19(2,3)4)22-18(20-11)21-12-9-14(25-5)16(27-7)15(10-12)26-6/h8-10H,1-7H3,(H,23,24)(H,20,21,22). The Hall–Kier alpha value is -3.03. The number of methoxy groups -OCH3 is 3. The number of carbonyl (C=O) groups excluding carboxylic acids is 1. The Bertz CT molecular complexity index is 806. The van der Waals surface area contributed by atoms with Crippen molar-refractivity contribution in [1.29, 1.82) is 0 Å². The molecule has 0 radical (unpaired) electrons. The van der Waals surface area contributed by atoms with Crippen LogP contribution in [0, 0.1) is 6.92 Å². The van der Waals surface area contributed by atoms with E-state index in [0.717, 1.165) is 0 Å². The van der Waals surface area contributed by atoms with Crippen LogP contribution >= 0.6 is 0 Å². The Labute approximate surface area is 159 Å². The topological polar surface area (TPSA) is 94.6 Å². The van der Waals surface area contributed by atoms with E-state index in [1.165, 1.54) is 7.11 Å². The van der Waals surface area contributed by atoms with Crippen molar-refractivity contribution in [1.82, 2.24) is 15.3 Å². The van der Waals surface area contributed by atoms with Crippen LogP contribution in [0.2, 0.25) is 0 Å². The number of nitrogens with one attached hydrogen (secondary N) is 2. The van der Waals surface area contributed by atoms with Crippen LogP contribution in [0.15, 0.2) is 18.2 Å². The van der Waals surface area contributed by atoms with Crippen LogP contribution in [0.1, 0.15) is 37.0 Å². The quantitative estimate of drug-likeness (QED) is 0.802. The number of amides is 1. The number of aryl methyl sites for hydroxylation is 1. The summed E-state index contributed by atoms with van der Waals surface area (Å²) < 4.78 is 16.0. The Morgan fingerprint density at radius 3 is 2.04 bits per heavy atom. The van der Waals surface area contributed by atoms with Gasteiger partial charge in [0.2, 0.25) is 11.7 Å². The zero-order valence-electron chi connectivity index (χ0n) is 16.8. The summed E-state index contributed by atoms with van der Waals surface area (Å²) in [6.45, 7) is 7.53. The van der Waals surface area contributed by atoms with E-state index in [1.807, 2.05) is 20.8 Å². The Morgan fingerprint density at radius 2 is 1.56 bits per heavy atom. The molecule has 2 rings (SSSR count). The molecule has 1 amide bonds. The fourth-order valence-corrected chi connectivity index (χ4v) is 2.43. The molecule has 2 N–H and O–H groups in total. The molecular formula is C19H26N4O4. The van der Waals surface area contributed by atoms with Crippen molar-refractivity contribution in [3.63, 3.8) is 0 Å². The number of nitrogens with zero attached hydrogens (tertiary/aromatic N) is 2. The summed E-state index contributed by atoms with van der Waals surface area (Å²) in [7, 11) is 4.62. The predicted molar refractivity (Wildman–Crippen MR) is 103 cm³/mol. The van der Waals surface area contributed by atoms with Gasteiger partial charge in [0, 0.05) is 29.1 Å². The number of benzene rings is 1. The minimum absolute atomic E-state index is 0.263. The van der Waals surface area contributed by atoms with E-state index in [4.69, 9.17) is 14.2 Å². The Morgan fingerprint density at radius 1 is 0.963 bits per heavy atom. The third-order valence-electron chi connectivity index (χ3n) is 3.50. The second-order valence-electron chi connectivity index (χ2n) is 6.96. The summed E-state index contributed by atoms with van der Waals surface area (Å²) in [5, 5.41) is 5.98. The lowest BCUT2D eigenvalue weighted by Crippen LogP contribution is -2.41. The number of carbonyl (C=O) groups is 1. The second kappa shape index (κ2) is 8.11. The number of ether oxygens (including phenoxy) is 3. The smallest absolute Gasteiger partial charge is 0.270 e. The van der Waals surface area contributed by atoms with E-state index in [2.05, 4.69) is 20.6 Å². The van der Waals surface area contributed by atoms with Crippen molar-refractivity contribution in [3.8, 4) is 17.2 Å². The number of anilines is 2. The van der Waals surface area contributed by atoms with Crippen LogP contribution in [0.5, 0.6) is 17.2 Å². The average molecular weight is 374 g/mol. The van der Waals surface area contributed by atoms with Crippen LogP contribution in [-0.2, 0) is 0 Å². The lowest BCUT2D eigenvalue weighted by Gasteiger charge is -2.20. The van der Waals surface area contributed by atoms with Gasteiger partial charge in [-0.3, -0.25) is 4.79 Å². The van der Waals surface area contributed by atoms with Gasteiger partial charge >= 0.3 is 0 Å². The fourth-order valence-electron chi connectivity index (χ4n) is 2.43. The van der Waals surface area contributed by atoms with E-state index in [-0.39, 0.29) is 17.1 Å². The van der Waals surface area contributed by atoms with E-state index >= 15 is 0 Å². The zero-order valence-corrected chi connectivity index (χ0v) is 16.8. The summed E-state index contributed by atoms with van der Waals surface area (Å²) >= 11 is 0. The van der Waals surface area contributed by atoms with E-state index in [0.29, 0.717) is 34.6 Å². The van der Waals surface area contributed by atoms with E-state index in [9.17, 15) is 4.79 Å². The van der Waals surface area contributed by atoms with Crippen LogP contribution < -0.4 is 24.8 Å². The van der Waals surface area contributed by atoms with Crippen LogP contribution in [0.25, 0.3) is 0 Å². The lowest BCUT2D eigenvalue weighted by atomic mass is 10.1. The first kappa shape index (κ1) is 20.3. The molecule has 0 unspecified atom stereocenters. The van der Waals surface area contributed by atoms with Gasteiger partial charge < -0.3 is 24.8 Å². The molecular weight excluding hydrogens is 348 g/mol. The first-order valence-corrected chi connectivity index (χ1v) is 8.42. The highest BCUT2D eigenvalue weighted by Gasteiger charge is 2.18. The minimum Gasteiger partial charge on any atom is -0.493 e. The summed E-state index contributed by atoms with van der Waals surface area (Å²) in [4.78, 5) is 21.1. The summed E-state index contributed by atoms with van der Waals surface area (Å²) in [6, 6.07) is 5.12. The molecule has 8 nitrogen and oxygen atoms in total. The molecule has 1 aromatic heterocycles. The molecule has 146 valence electrons. The highest BCUT2D eigenvalue weighted by molar-refractivity contribution is 5.93. The van der Waals surface area contributed by atoms with Gasteiger partial charge in [0.1, 0.15) is 5.69 Å². The average Bonchev–Trinajstić information content (AvgIpc) is 2.58. The number of hydrogen-bond acceptors (Lipinski definition) is 7. The number of rotatable bonds is 6. The van der Waals surface area contributed by atoms with Gasteiger partial charge in [0.15, 0.2) is 11.5 Å². The van der Waals surface area contributed by atoms with Gasteiger partial charge in [-0.05, 0) is 33.8 Å². The molecule has 1 aromatic carbocycles. The molecule has 0 aliphatic heterocycles. The molecule has 0 saturated heterocycles. The molecule has 8 heteroatoms. The zero-order chi connectivity index (χ0) is 20.2. The first-order chi connectivity index (χ1) is 12.7. The van der Waals surface area contributed by atoms with Crippen LogP contribution in [0.4, 0.5) is 11.6 Å². The monoisotopic (exact) mass is 374 g/mol. The summed E-state index contributed by atoms with van der Waals surface area (Å²) in [5.74, 6) is 1.51. The van der Waals surface area contributed by atoms with Gasteiger partial charge in [0.25, 0.3) is 5.91 Å². The molecule has 0 aliphatic rings. The summed E-state index contributed by atoms with van der Waals surface area (Å²) in [6.07, 6.45) is 0. The lowest BCUT2D eigenvalue weighted by molar-refractivity contribution is 0.0914. The van der Waals surface area contributed by atoms with Gasteiger partial charge in [-0.25, -0.2) is 9.97 Å². The van der Waals surface area contributed by atoms with Crippen molar-refractivity contribution in [2.24, 2.45) is 0 Å². The maximum absolute atomic E-state index is 12.4. The van der Waals surface area contributed by atoms with Gasteiger partial charge in [-0.15, -0.1) is 0 Å². The third-order valence-corrected chi connectivity index (χ3v) is 3.50. The molecule has 0 spiro atoms. The van der Waals surface area contributed by atoms with Crippen molar-refractivity contribution in [2.45, 2.75) is 33.2 Å². The largest absolute Gasteiger partial charge is 0.493 e. The molecule has 1 heterocycles. The highest BCUT2D eigenvalue weighted by atomic mass is 16.5. The van der Waals surface area contributed by atoms with Crippen molar-refractivity contribution < 1.29 is 19.0 Å².